The third-order valence-corrected chi connectivity index (χ3v) is 3.67. The molecule has 3 rings (SSSR count). The van der Waals surface area contributed by atoms with Gasteiger partial charge in [-0.3, -0.25) is 19.9 Å². The summed E-state index contributed by atoms with van der Waals surface area (Å²) in [6, 6.07) is 6.20. The van der Waals surface area contributed by atoms with Gasteiger partial charge in [-0.25, -0.2) is 10.6 Å². The Bertz CT molecular complexity index is 645. The van der Waals surface area contributed by atoms with Gasteiger partial charge in [-0.15, -0.1) is 0 Å². The molecule has 4 N–H and O–H groups in total. The number of rotatable bonds is 1. The van der Waals surface area contributed by atoms with Crippen LogP contribution in [0.4, 0.5) is 4.79 Å². The number of urea groups is 1. The first-order chi connectivity index (χ1) is 9.94. The zero-order valence-electron chi connectivity index (χ0n) is 11.3. The number of nitrogens with zero attached hydrogens (tertiary/aromatic N) is 1. The van der Waals surface area contributed by atoms with Crippen molar-refractivity contribution in [3.05, 3.63) is 29.8 Å². The van der Waals surface area contributed by atoms with Crippen LogP contribution in [0.2, 0.25) is 0 Å². The maximum Gasteiger partial charge on any atom is 0.322 e. The van der Waals surface area contributed by atoms with Crippen LogP contribution in [0.25, 0.3) is 0 Å². The number of hydrogen-bond acceptors (Lipinski definition) is 5. The lowest BCUT2D eigenvalue weighted by molar-refractivity contribution is -0.141. The zero-order chi connectivity index (χ0) is 15.2. The molecule has 0 radical (unpaired) electrons. The van der Waals surface area contributed by atoms with Gasteiger partial charge < -0.3 is 10.1 Å². The Kier molecular flexibility index (Phi) is 2.84. The molecule has 0 aliphatic carbocycles. The number of ether oxygens (including phenoxy) is 1. The van der Waals surface area contributed by atoms with Gasteiger partial charge in [0.15, 0.2) is 11.6 Å². The number of carbonyl (C=O) groups is 3. The minimum Gasteiger partial charge on any atom is -0.480 e. The van der Waals surface area contributed by atoms with Gasteiger partial charge in [-0.05, 0) is 6.07 Å². The van der Waals surface area contributed by atoms with E-state index in [0.717, 1.165) is 5.01 Å². The first-order valence-corrected chi connectivity index (χ1v) is 6.36. The predicted molar refractivity (Wildman–Crippen MR) is 70.8 cm³/mol. The number of imide groups is 1. The Morgan fingerprint density at radius 2 is 2.14 bits per heavy atom. The van der Waals surface area contributed by atoms with Crippen molar-refractivity contribution in [1.82, 2.24) is 15.6 Å². The first kappa shape index (κ1) is 13.4. The largest absolute Gasteiger partial charge is 0.480 e. The molecule has 8 heteroatoms. The molecule has 110 valence electrons. The lowest BCUT2D eigenvalue weighted by Gasteiger charge is -2.37. The van der Waals surface area contributed by atoms with Crippen molar-refractivity contribution in [2.24, 2.45) is 5.84 Å². The van der Waals surface area contributed by atoms with Gasteiger partial charge in [0.1, 0.15) is 5.75 Å². The van der Waals surface area contributed by atoms with Crippen LogP contribution >= 0.6 is 0 Å². The summed E-state index contributed by atoms with van der Waals surface area (Å²) in [6.07, 6.45) is -0.957. The summed E-state index contributed by atoms with van der Waals surface area (Å²) >= 11 is 0. The molecule has 2 aliphatic heterocycles. The summed E-state index contributed by atoms with van der Waals surface area (Å²) < 4.78 is 5.62. The molecule has 0 bridgehead atoms. The quantitative estimate of drug-likeness (QED) is 0.271. The van der Waals surface area contributed by atoms with E-state index in [2.05, 4.69) is 10.6 Å². The molecule has 2 aliphatic rings. The molecule has 2 atom stereocenters. The van der Waals surface area contributed by atoms with Crippen LogP contribution < -0.4 is 21.2 Å². The van der Waals surface area contributed by atoms with Crippen molar-refractivity contribution in [3.8, 4) is 5.75 Å². The Balaban J connectivity index is 2.09. The Hall–Kier alpha value is -2.61. The van der Waals surface area contributed by atoms with E-state index in [0.29, 0.717) is 11.3 Å². The maximum atomic E-state index is 12.3. The predicted octanol–water partition coefficient (Wildman–Crippen LogP) is -0.795. The number of fused-ring (bicyclic) bond motifs is 2. The van der Waals surface area contributed by atoms with Crippen molar-refractivity contribution in [1.29, 1.82) is 0 Å². The van der Waals surface area contributed by atoms with Crippen molar-refractivity contribution < 1.29 is 19.1 Å². The number of likely N-dealkylation sites (N-methyl/N-ethyl adjacent to an activating group) is 1. The maximum absolute atomic E-state index is 12.3. The van der Waals surface area contributed by atoms with E-state index >= 15 is 0 Å². The molecule has 1 aromatic rings. The molecule has 4 amide bonds. The van der Waals surface area contributed by atoms with E-state index in [1.807, 2.05) is 0 Å². The van der Waals surface area contributed by atoms with Gasteiger partial charge in [0, 0.05) is 19.0 Å². The Morgan fingerprint density at radius 3 is 2.76 bits per heavy atom. The summed E-state index contributed by atoms with van der Waals surface area (Å²) in [7, 11) is 1.40. The minimum atomic E-state index is -1.30. The molecule has 2 unspecified atom stereocenters. The number of para-hydroxylation sites is 1. The van der Waals surface area contributed by atoms with Gasteiger partial charge >= 0.3 is 6.03 Å². The van der Waals surface area contributed by atoms with Crippen molar-refractivity contribution in [2.75, 3.05) is 7.05 Å². The van der Waals surface area contributed by atoms with Gasteiger partial charge in [0.2, 0.25) is 0 Å². The van der Waals surface area contributed by atoms with E-state index in [1.165, 1.54) is 7.05 Å². The molecule has 1 spiro atoms. The molecule has 1 fully saturated rings. The summed E-state index contributed by atoms with van der Waals surface area (Å²) in [5, 5.41) is 5.72. The fourth-order valence-corrected chi connectivity index (χ4v) is 2.69. The number of nitrogens with two attached hydrogens (primary N) is 1. The Labute approximate surface area is 120 Å². The normalized spacial score (nSPS) is 26.7. The zero-order valence-corrected chi connectivity index (χ0v) is 11.3. The third-order valence-electron chi connectivity index (χ3n) is 3.67. The van der Waals surface area contributed by atoms with E-state index in [4.69, 9.17) is 10.6 Å². The summed E-state index contributed by atoms with van der Waals surface area (Å²) in [5.41, 5.74) is -0.778. The fourth-order valence-electron chi connectivity index (χ4n) is 2.69. The monoisotopic (exact) mass is 290 g/mol. The first-order valence-electron chi connectivity index (χ1n) is 6.36. The van der Waals surface area contributed by atoms with Crippen molar-refractivity contribution in [2.45, 2.75) is 18.1 Å². The minimum absolute atomic E-state index is 0.0119. The molecule has 2 heterocycles. The average Bonchev–Trinajstić information content (AvgIpc) is 2.72. The van der Waals surface area contributed by atoms with Crippen LogP contribution in [0, 0.1) is 0 Å². The Morgan fingerprint density at radius 1 is 1.43 bits per heavy atom. The smallest absolute Gasteiger partial charge is 0.322 e. The standard InChI is InChI=1S/C13H14N4O4/c1-17(14)10(18)9-6-13(11(19)15-12(20)16-13)7-4-2-3-5-8(7)21-9/h2-5,9H,6,14H2,1H3,(H2,15,16,19,20). The van der Waals surface area contributed by atoms with E-state index in [9.17, 15) is 14.4 Å². The average molecular weight is 290 g/mol. The second kappa shape index (κ2) is 4.45. The summed E-state index contributed by atoms with van der Waals surface area (Å²) in [6.45, 7) is 0. The van der Waals surface area contributed by atoms with Gasteiger partial charge in [0.05, 0.1) is 0 Å². The molecule has 8 nitrogen and oxygen atoms in total. The highest BCUT2D eigenvalue weighted by molar-refractivity contribution is 6.08. The summed E-state index contributed by atoms with van der Waals surface area (Å²) in [5.74, 6) is 4.85. The highest BCUT2D eigenvalue weighted by Gasteiger charge is 2.54. The number of carbonyl (C=O) groups excluding carboxylic acids is 3. The lowest BCUT2D eigenvalue weighted by atomic mass is 9.81. The van der Waals surface area contributed by atoms with Gasteiger partial charge in [0.25, 0.3) is 11.8 Å². The van der Waals surface area contributed by atoms with Gasteiger partial charge in [-0.2, -0.15) is 0 Å². The fraction of sp³-hybridized carbons (Fsp3) is 0.308. The highest BCUT2D eigenvalue weighted by Crippen LogP contribution is 2.41. The van der Waals surface area contributed by atoms with Crippen LogP contribution in [0.15, 0.2) is 24.3 Å². The van der Waals surface area contributed by atoms with Crippen LogP contribution in [-0.4, -0.2) is 36.0 Å². The van der Waals surface area contributed by atoms with Crippen molar-refractivity contribution in [3.63, 3.8) is 0 Å². The lowest BCUT2D eigenvalue weighted by Crippen LogP contribution is -2.55. The molecular formula is C13H14N4O4. The number of amides is 4. The van der Waals surface area contributed by atoms with Crippen LogP contribution in [0.1, 0.15) is 12.0 Å². The molecule has 0 aromatic heterocycles. The highest BCUT2D eigenvalue weighted by atomic mass is 16.5. The van der Waals surface area contributed by atoms with Crippen molar-refractivity contribution >= 4 is 17.8 Å². The van der Waals surface area contributed by atoms with Crippen LogP contribution in [0.3, 0.4) is 0 Å². The second-order valence-corrected chi connectivity index (χ2v) is 5.07. The van der Waals surface area contributed by atoms with Crippen LogP contribution in [0.5, 0.6) is 5.75 Å². The molecule has 1 aromatic carbocycles. The van der Waals surface area contributed by atoms with E-state index in [-0.39, 0.29) is 6.42 Å². The number of nitrogens with one attached hydrogen (secondary N) is 2. The number of hydrogen-bond donors (Lipinski definition) is 3. The number of benzene rings is 1. The third kappa shape index (κ3) is 1.91. The molecule has 21 heavy (non-hydrogen) atoms. The molecule has 0 saturated carbocycles. The van der Waals surface area contributed by atoms with Gasteiger partial charge in [-0.1, -0.05) is 18.2 Å². The molecular weight excluding hydrogens is 276 g/mol. The second-order valence-electron chi connectivity index (χ2n) is 5.07. The molecule has 1 saturated heterocycles. The number of hydrazine groups is 1. The van der Waals surface area contributed by atoms with E-state index < -0.39 is 29.5 Å². The topological polar surface area (TPSA) is 114 Å². The summed E-state index contributed by atoms with van der Waals surface area (Å²) in [4.78, 5) is 35.9. The SMILES string of the molecule is CN(N)C(=O)C1CC2(NC(=O)NC2=O)c2ccccc2O1. The van der Waals surface area contributed by atoms with E-state index in [1.54, 1.807) is 24.3 Å². The van der Waals surface area contributed by atoms with Crippen LogP contribution in [-0.2, 0) is 15.1 Å².